The highest BCUT2D eigenvalue weighted by Gasteiger charge is 2.22. The summed E-state index contributed by atoms with van der Waals surface area (Å²) < 4.78 is 0. The van der Waals surface area contributed by atoms with Crippen LogP contribution >= 0.6 is 0 Å². The minimum absolute atomic E-state index is 0.0180. The zero-order valence-corrected chi connectivity index (χ0v) is 12.7. The molecule has 0 aromatic heterocycles. The molecule has 0 amide bonds. The number of nitrogens with zero attached hydrogens (tertiary/aromatic N) is 1. The first kappa shape index (κ1) is 14.5. The van der Waals surface area contributed by atoms with Gasteiger partial charge >= 0.3 is 0 Å². The first-order valence-electron chi connectivity index (χ1n) is 7.21. The third-order valence-corrected chi connectivity index (χ3v) is 4.01. The van der Waals surface area contributed by atoms with E-state index in [2.05, 4.69) is 56.1 Å². The van der Waals surface area contributed by atoms with Crippen molar-refractivity contribution in [2.24, 2.45) is 5.73 Å². The summed E-state index contributed by atoms with van der Waals surface area (Å²) in [7, 11) is 0. The van der Waals surface area contributed by atoms with E-state index in [1.807, 2.05) is 0 Å². The molecule has 3 nitrogen and oxygen atoms in total. The molecule has 1 unspecified atom stereocenters. The fraction of sp³-hybridized carbons (Fsp3) is 0.625. The Kier molecular flexibility index (Phi) is 4.29. The van der Waals surface area contributed by atoms with Crippen molar-refractivity contribution in [2.45, 2.75) is 39.3 Å². The summed E-state index contributed by atoms with van der Waals surface area (Å²) in [6.07, 6.45) is 0.0180. The molecule has 3 N–H and O–H groups in total. The van der Waals surface area contributed by atoms with Crippen LogP contribution in [0.3, 0.4) is 0 Å². The number of hydrogen-bond acceptors (Lipinski definition) is 3. The minimum atomic E-state index is 0.0180. The Labute approximate surface area is 117 Å². The van der Waals surface area contributed by atoms with Gasteiger partial charge in [-0.3, -0.25) is 4.90 Å². The fourth-order valence-corrected chi connectivity index (χ4v) is 2.58. The third-order valence-electron chi connectivity index (χ3n) is 4.01. The van der Waals surface area contributed by atoms with Crippen molar-refractivity contribution in [1.29, 1.82) is 0 Å². The molecular weight excluding hydrogens is 234 g/mol. The number of hydrogen-bond donors (Lipinski definition) is 2. The Balaban J connectivity index is 2.27. The number of benzene rings is 1. The molecule has 1 fully saturated rings. The molecule has 1 aromatic carbocycles. The average molecular weight is 261 g/mol. The Morgan fingerprint density at radius 3 is 2.42 bits per heavy atom. The molecule has 0 aliphatic carbocycles. The van der Waals surface area contributed by atoms with Gasteiger partial charge in [0.25, 0.3) is 0 Å². The molecule has 1 atom stereocenters. The molecule has 0 saturated carbocycles. The lowest BCUT2D eigenvalue weighted by Crippen LogP contribution is -2.47. The van der Waals surface area contributed by atoms with Crippen molar-refractivity contribution in [3.8, 4) is 0 Å². The van der Waals surface area contributed by atoms with Crippen molar-refractivity contribution in [3.05, 3.63) is 34.9 Å². The second kappa shape index (κ2) is 5.61. The van der Waals surface area contributed by atoms with Gasteiger partial charge in [0, 0.05) is 26.2 Å². The van der Waals surface area contributed by atoms with E-state index < -0.39 is 0 Å². The topological polar surface area (TPSA) is 41.3 Å². The summed E-state index contributed by atoms with van der Waals surface area (Å²) in [5.74, 6) is 0. The van der Waals surface area contributed by atoms with Gasteiger partial charge in [-0.05, 0) is 29.0 Å². The zero-order chi connectivity index (χ0) is 14.0. The van der Waals surface area contributed by atoms with Gasteiger partial charge in [0.2, 0.25) is 0 Å². The maximum absolute atomic E-state index is 6.48. The van der Waals surface area contributed by atoms with E-state index in [0.29, 0.717) is 0 Å². The smallest absolute Gasteiger partial charge is 0.0839 e. The van der Waals surface area contributed by atoms with Crippen LogP contribution in [0.5, 0.6) is 0 Å². The molecule has 1 heterocycles. The maximum atomic E-state index is 6.48. The number of nitrogens with one attached hydrogen (secondary N) is 1. The predicted molar refractivity (Wildman–Crippen MR) is 81.3 cm³/mol. The van der Waals surface area contributed by atoms with Crippen LogP contribution in [0, 0.1) is 6.92 Å². The lowest BCUT2D eigenvalue weighted by atomic mass is 9.85. The highest BCUT2D eigenvalue weighted by atomic mass is 15.3. The summed E-state index contributed by atoms with van der Waals surface area (Å²) in [6.45, 7) is 13.0. The quantitative estimate of drug-likeness (QED) is 0.857. The molecule has 1 aromatic rings. The molecule has 0 bridgehead atoms. The van der Waals surface area contributed by atoms with Crippen molar-refractivity contribution in [3.63, 3.8) is 0 Å². The molecular formula is C16H27N3. The van der Waals surface area contributed by atoms with Crippen molar-refractivity contribution < 1.29 is 0 Å². The van der Waals surface area contributed by atoms with Crippen molar-refractivity contribution >= 4 is 0 Å². The van der Waals surface area contributed by atoms with E-state index in [4.69, 9.17) is 5.73 Å². The standard InChI is InChI=1S/C16H27N3/c1-12-5-6-13(16(2,3)4)11-14(12)15(17)19-9-7-18-8-10-19/h5-6,11,15,18H,7-10,17H2,1-4H3. The van der Waals surface area contributed by atoms with Gasteiger partial charge in [0.05, 0.1) is 6.17 Å². The van der Waals surface area contributed by atoms with E-state index in [-0.39, 0.29) is 11.6 Å². The van der Waals surface area contributed by atoms with E-state index in [9.17, 15) is 0 Å². The zero-order valence-electron chi connectivity index (χ0n) is 12.7. The fourth-order valence-electron chi connectivity index (χ4n) is 2.58. The molecule has 0 radical (unpaired) electrons. The van der Waals surface area contributed by atoms with Crippen LogP contribution in [-0.2, 0) is 5.41 Å². The van der Waals surface area contributed by atoms with E-state index >= 15 is 0 Å². The summed E-state index contributed by atoms with van der Waals surface area (Å²) in [5.41, 5.74) is 10.6. The molecule has 1 aliphatic rings. The van der Waals surface area contributed by atoms with Crippen LogP contribution in [0.25, 0.3) is 0 Å². The summed E-state index contributed by atoms with van der Waals surface area (Å²) in [6, 6.07) is 6.73. The Hall–Kier alpha value is -0.900. The molecule has 0 spiro atoms. The van der Waals surface area contributed by atoms with Crippen LogP contribution in [0.1, 0.15) is 43.6 Å². The lowest BCUT2D eigenvalue weighted by Gasteiger charge is -2.34. The Bertz CT molecular complexity index is 428. The molecule has 3 heteroatoms. The predicted octanol–water partition coefficient (Wildman–Crippen LogP) is 2.16. The highest BCUT2D eigenvalue weighted by molar-refractivity contribution is 5.36. The summed E-state index contributed by atoms with van der Waals surface area (Å²) in [4.78, 5) is 2.37. The van der Waals surface area contributed by atoms with Crippen LogP contribution in [0.4, 0.5) is 0 Å². The number of rotatable bonds is 2. The second-order valence-electron chi connectivity index (χ2n) is 6.55. The monoisotopic (exact) mass is 261 g/mol. The molecule has 2 rings (SSSR count). The summed E-state index contributed by atoms with van der Waals surface area (Å²) in [5, 5.41) is 3.37. The first-order valence-corrected chi connectivity index (χ1v) is 7.21. The SMILES string of the molecule is Cc1ccc(C(C)(C)C)cc1C(N)N1CCNCC1. The van der Waals surface area contributed by atoms with Crippen LogP contribution < -0.4 is 11.1 Å². The molecule has 106 valence electrons. The highest BCUT2D eigenvalue weighted by Crippen LogP contribution is 2.28. The van der Waals surface area contributed by atoms with E-state index in [0.717, 1.165) is 26.2 Å². The van der Waals surface area contributed by atoms with Gasteiger partial charge in [-0.2, -0.15) is 0 Å². The van der Waals surface area contributed by atoms with Crippen LogP contribution in [-0.4, -0.2) is 31.1 Å². The van der Waals surface area contributed by atoms with Gasteiger partial charge in [0.15, 0.2) is 0 Å². The number of piperazine rings is 1. The van der Waals surface area contributed by atoms with Gasteiger partial charge in [0.1, 0.15) is 0 Å². The maximum Gasteiger partial charge on any atom is 0.0839 e. The summed E-state index contributed by atoms with van der Waals surface area (Å²) >= 11 is 0. The number of aryl methyl sites for hydroxylation is 1. The number of nitrogens with two attached hydrogens (primary N) is 1. The average Bonchev–Trinajstić information content (AvgIpc) is 2.38. The van der Waals surface area contributed by atoms with Crippen molar-refractivity contribution in [1.82, 2.24) is 10.2 Å². The molecule has 19 heavy (non-hydrogen) atoms. The minimum Gasteiger partial charge on any atom is -0.314 e. The second-order valence-corrected chi connectivity index (χ2v) is 6.55. The Morgan fingerprint density at radius 2 is 1.84 bits per heavy atom. The largest absolute Gasteiger partial charge is 0.314 e. The van der Waals surface area contributed by atoms with Crippen molar-refractivity contribution in [2.75, 3.05) is 26.2 Å². The lowest BCUT2D eigenvalue weighted by molar-refractivity contribution is 0.177. The van der Waals surface area contributed by atoms with Crippen LogP contribution in [0.2, 0.25) is 0 Å². The first-order chi connectivity index (χ1) is 8.89. The van der Waals surface area contributed by atoms with Gasteiger partial charge in [-0.15, -0.1) is 0 Å². The van der Waals surface area contributed by atoms with E-state index in [1.165, 1.54) is 16.7 Å². The normalized spacial score (nSPS) is 19.4. The third kappa shape index (κ3) is 3.35. The van der Waals surface area contributed by atoms with E-state index in [1.54, 1.807) is 0 Å². The Morgan fingerprint density at radius 1 is 1.21 bits per heavy atom. The molecule has 1 saturated heterocycles. The van der Waals surface area contributed by atoms with Crippen LogP contribution in [0.15, 0.2) is 18.2 Å². The van der Waals surface area contributed by atoms with Gasteiger partial charge < -0.3 is 11.1 Å². The van der Waals surface area contributed by atoms with Gasteiger partial charge in [-0.1, -0.05) is 39.0 Å². The van der Waals surface area contributed by atoms with Gasteiger partial charge in [-0.25, -0.2) is 0 Å². The molecule has 1 aliphatic heterocycles.